The van der Waals surface area contributed by atoms with Gasteiger partial charge in [-0.25, -0.2) is 4.98 Å². The molecule has 96 valence electrons. The van der Waals surface area contributed by atoms with Gasteiger partial charge in [0.2, 0.25) is 5.88 Å². The van der Waals surface area contributed by atoms with Gasteiger partial charge in [-0.2, -0.15) is 0 Å². The standard InChI is InChI=1S/C11H15N3O.2ClH/c12-9-8-2-1-5-14-10(8)15-11(9)3-6-13-7-4-11;;/h1-2,5,9,13H,3-4,6-7,12H2;2*1H/t9-;;/m1../s1. The van der Waals surface area contributed by atoms with Gasteiger partial charge in [0, 0.05) is 24.6 Å². The van der Waals surface area contributed by atoms with Crippen LogP contribution in [0.2, 0.25) is 0 Å². The van der Waals surface area contributed by atoms with Crippen LogP contribution in [0.3, 0.4) is 0 Å². The first-order valence-corrected chi connectivity index (χ1v) is 5.42. The maximum Gasteiger partial charge on any atom is 0.218 e. The molecule has 1 spiro atoms. The fourth-order valence-corrected chi connectivity index (χ4v) is 2.53. The van der Waals surface area contributed by atoms with E-state index in [1.807, 2.05) is 12.1 Å². The summed E-state index contributed by atoms with van der Waals surface area (Å²) >= 11 is 0. The first kappa shape index (κ1) is 14.5. The van der Waals surface area contributed by atoms with Crippen LogP contribution in [0, 0.1) is 0 Å². The van der Waals surface area contributed by atoms with Crippen LogP contribution >= 0.6 is 24.8 Å². The lowest BCUT2D eigenvalue weighted by atomic mass is 9.84. The van der Waals surface area contributed by atoms with Gasteiger partial charge in [0.05, 0.1) is 6.04 Å². The number of halogens is 2. The monoisotopic (exact) mass is 277 g/mol. The van der Waals surface area contributed by atoms with Gasteiger partial charge < -0.3 is 15.8 Å². The van der Waals surface area contributed by atoms with Crippen LogP contribution in [0.1, 0.15) is 24.4 Å². The third kappa shape index (κ3) is 2.22. The highest BCUT2D eigenvalue weighted by atomic mass is 35.5. The van der Waals surface area contributed by atoms with Crippen molar-refractivity contribution >= 4 is 24.8 Å². The average molecular weight is 278 g/mol. The fraction of sp³-hybridized carbons (Fsp3) is 0.545. The van der Waals surface area contributed by atoms with E-state index < -0.39 is 0 Å². The van der Waals surface area contributed by atoms with E-state index >= 15 is 0 Å². The number of nitrogens with zero attached hydrogens (tertiary/aromatic N) is 1. The van der Waals surface area contributed by atoms with E-state index in [1.165, 1.54) is 0 Å². The maximum atomic E-state index is 6.26. The lowest BCUT2D eigenvalue weighted by Crippen LogP contribution is -2.50. The molecule has 2 aliphatic heterocycles. The number of aromatic nitrogens is 1. The number of ether oxygens (including phenoxy) is 1. The predicted molar refractivity (Wildman–Crippen MR) is 71.1 cm³/mol. The van der Waals surface area contributed by atoms with E-state index in [1.54, 1.807) is 6.20 Å². The summed E-state index contributed by atoms with van der Waals surface area (Å²) in [7, 11) is 0. The van der Waals surface area contributed by atoms with Gasteiger partial charge in [-0.15, -0.1) is 24.8 Å². The summed E-state index contributed by atoms with van der Waals surface area (Å²) in [5.41, 5.74) is 7.11. The molecule has 3 N–H and O–H groups in total. The number of nitrogens with one attached hydrogen (secondary N) is 1. The number of piperidine rings is 1. The second kappa shape index (κ2) is 5.40. The molecule has 4 nitrogen and oxygen atoms in total. The highest BCUT2D eigenvalue weighted by Gasteiger charge is 2.47. The minimum absolute atomic E-state index is 0. The van der Waals surface area contributed by atoms with Crippen molar-refractivity contribution in [3.8, 4) is 5.88 Å². The van der Waals surface area contributed by atoms with Crippen molar-refractivity contribution in [1.82, 2.24) is 10.3 Å². The van der Waals surface area contributed by atoms with Crippen molar-refractivity contribution in [2.75, 3.05) is 13.1 Å². The minimum atomic E-state index is -0.206. The zero-order chi connectivity index (χ0) is 10.3. The molecular weight excluding hydrogens is 261 g/mol. The van der Waals surface area contributed by atoms with Crippen LogP contribution in [-0.4, -0.2) is 23.7 Å². The smallest absolute Gasteiger partial charge is 0.218 e. The first-order valence-electron chi connectivity index (χ1n) is 5.42. The molecular formula is C11H17Cl2N3O. The van der Waals surface area contributed by atoms with Gasteiger partial charge in [0.25, 0.3) is 0 Å². The minimum Gasteiger partial charge on any atom is -0.469 e. The molecule has 2 aliphatic rings. The van der Waals surface area contributed by atoms with Crippen LogP contribution in [0.15, 0.2) is 18.3 Å². The molecule has 0 amide bonds. The summed E-state index contributed by atoms with van der Waals surface area (Å²) in [5, 5.41) is 3.33. The lowest BCUT2D eigenvalue weighted by molar-refractivity contribution is 0.0337. The molecule has 6 heteroatoms. The Morgan fingerprint density at radius 1 is 1.35 bits per heavy atom. The molecule has 0 aromatic carbocycles. The van der Waals surface area contributed by atoms with E-state index in [0.29, 0.717) is 0 Å². The molecule has 0 aliphatic carbocycles. The molecule has 3 heterocycles. The summed E-state index contributed by atoms with van der Waals surface area (Å²) in [6, 6.07) is 3.91. The zero-order valence-corrected chi connectivity index (χ0v) is 11.0. The summed E-state index contributed by atoms with van der Waals surface area (Å²) in [6.45, 7) is 1.95. The molecule has 3 rings (SSSR count). The van der Waals surface area contributed by atoms with Crippen LogP contribution in [0.25, 0.3) is 0 Å². The topological polar surface area (TPSA) is 60.2 Å². The Bertz CT molecular complexity index is 383. The highest BCUT2D eigenvalue weighted by molar-refractivity contribution is 5.85. The number of fused-ring (bicyclic) bond motifs is 1. The highest BCUT2D eigenvalue weighted by Crippen LogP contribution is 2.44. The van der Waals surface area contributed by atoms with Gasteiger partial charge in [0.1, 0.15) is 5.60 Å². The molecule has 1 aromatic heterocycles. The molecule has 0 bridgehead atoms. The Morgan fingerprint density at radius 2 is 2.06 bits per heavy atom. The van der Waals surface area contributed by atoms with E-state index in [2.05, 4.69) is 10.3 Å². The van der Waals surface area contributed by atoms with Crippen molar-refractivity contribution < 1.29 is 4.74 Å². The van der Waals surface area contributed by atoms with E-state index in [0.717, 1.165) is 37.4 Å². The Labute approximate surface area is 113 Å². The van der Waals surface area contributed by atoms with Crippen molar-refractivity contribution in [3.05, 3.63) is 23.9 Å². The van der Waals surface area contributed by atoms with Crippen LogP contribution in [0.4, 0.5) is 0 Å². The van der Waals surface area contributed by atoms with Crippen LogP contribution < -0.4 is 15.8 Å². The Hall–Kier alpha value is -0.550. The van der Waals surface area contributed by atoms with Crippen molar-refractivity contribution in [3.63, 3.8) is 0 Å². The Balaban J connectivity index is 0.000000722. The first-order chi connectivity index (χ1) is 7.32. The van der Waals surface area contributed by atoms with E-state index in [4.69, 9.17) is 10.5 Å². The fourth-order valence-electron chi connectivity index (χ4n) is 2.53. The number of pyridine rings is 1. The number of nitrogens with two attached hydrogens (primary N) is 1. The summed E-state index contributed by atoms with van der Waals surface area (Å²) in [4.78, 5) is 4.24. The molecule has 1 atom stereocenters. The SMILES string of the molecule is Cl.Cl.N[C@@H]1c2cccnc2OC12CCNCC2. The normalized spacial score (nSPS) is 24.2. The summed E-state index contributed by atoms with van der Waals surface area (Å²) in [5.74, 6) is 0.729. The van der Waals surface area contributed by atoms with Gasteiger partial charge in [0.15, 0.2) is 0 Å². The molecule has 1 fully saturated rings. The van der Waals surface area contributed by atoms with Crippen molar-refractivity contribution in [1.29, 1.82) is 0 Å². The molecule has 0 saturated carbocycles. The maximum absolute atomic E-state index is 6.26. The summed E-state index contributed by atoms with van der Waals surface area (Å²) < 4.78 is 5.97. The largest absolute Gasteiger partial charge is 0.469 e. The van der Waals surface area contributed by atoms with Crippen molar-refractivity contribution in [2.45, 2.75) is 24.5 Å². The number of rotatable bonds is 0. The second-order valence-electron chi connectivity index (χ2n) is 4.29. The Morgan fingerprint density at radius 3 is 2.71 bits per heavy atom. The molecule has 0 unspecified atom stereocenters. The van der Waals surface area contributed by atoms with Gasteiger partial charge in [-0.1, -0.05) is 6.07 Å². The third-order valence-corrected chi connectivity index (χ3v) is 3.45. The van der Waals surface area contributed by atoms with Crippen molar-refractivity contribution in [2.24, 2.45) is 5.73 Å². The Kier molecular flexibility index (Phi) is 4.61. The second-order valence-corrected chi connectivity index (χ2v) is 4.29. The molecule has 1 saturated heterocycles. The number of hydrogen-bond donors (Lipinski definition) is 2. The quantitative estimate of drug-likeness (QED) is 0.754. The van der Waals surface area contributed by atoms with E-state index in [9.17, 15) is 0 Å². The predicted octanol–water partition coefficient (Wildman–Crippen LogP) is 1.44. The van der Waals surface area contributed by atoms with Gasteiger partial charge >= 0.3 is 0 Å². The van der Waals surface area contributed by atoms with Crippen LogP contribution in [-0.2, 0) is 0 Å². The molecule has 1 aromatic rings. The lowest BCUT2D eigenvalue weighted by Gasteiger charge is -2.36. The summed E-state index contributed by atoms with van der Waals surface area (Å²) in [6.07, 6.45) is 3.68. The van der Waals surface area contributed by atoms with Gasteiger partial charge in [-0.3, -0.25) is 0 Å². The van der Waals surface area contributed by atoms with Crippen LogP contribution in [0.5, 0.6) is 5.88 Å². The third-order valence-electron chi connectivity index (χ3n) is 3.45. The number of hydrogen-bond acceptors (Lipinski definition) is 4. The van der Waals surface area contributed by atoms with Gasteiger partial charge in [-0.05, 0) is 19.2 Å². The zero-order valence-electron chi connectivity index (χ0n) is 9.39. The average Bonchev–Trinajstić information content (AvgIpc) is 2.54. The van der Waals surface area contributed by atoms with E-state index in [-0.39, 0.29) is 36.5 Å². The molecule has 0 radical (unpaired) electrons. The molecule has 17 heavy (non-hydrogen) atoms.